The minimum Gasteiger partial charge on any atom is -0.282 e. The molecule has 0 aliphatic carbocycles. The van der Waals surface area contributed by atoms with Gasteiger partial charge in [-0.3, -0.25) is 4.52 Å². The predicted molar refractivity (Wildman–Crippen MR) is 52.9 cm³/mol. The Balaban J connectivity index is 2.38. The van der Waals surface area contributed by atoms with Gasteiger partial charge < -0.3 is 0 Å². The number of rotatable bonds is 0. The summed E-state index contributed by atoms with van der Waals surface area (Å²) in [5, 5.41) is 2.40. The summed E-state index contributed by atoms with van der Waals surface area (Å²) >= 11 is 0. The smallest absolute Gasteiger partial charge is 0.282 e. The summed E-state index contributed by atoms with van der Waals surface area (Å²) in [7, 11) is 1.67. The molecule has 0 saturated carbocycles. The molecule has 1 aromatic heterocycles. The lowest BCUT2D eigenvalue weighted by Crippen LogP contribution is -2.34. The Kier molecular flexibility index (Phi) is 2.38. The fourth-order valence-electron chi connectivity index (χ4n) is 1.13. The van der Waals surface area contributed by atoms with E-state index in [2.05, 4.69) is 21.6 Å². The van der Waals surface area contributed by atoms with Crippen LogP contribution in [-0.2, 0) is 7.05 Å². The van der Waals surface area contributed by atoms with Gasteiger partial charge >= 0.3 is 11.3 Å². The molecule has 0 spiro atoms. The summed E-state index contributed by atoms with van der Waals surface area (Å²) < 4.78 is 6.01. The highest BCUT2D eigenvalue weighted by atomic mass is 16.5. The fraction of sp³-hybridized carbons (Fsp3) is 0.0909. The van der Waals surface area contributed by atoms with E-state index in [1.165, 1.54) is 4.68 Å². The molecule has 15 heavy (non-hydrogen) atoms. The van der Waals surface area contributed by atoms with Crippen molar-refractivity contribution >= 4 is 0 Å². The number of benzene rings is 1. The van der Waals surface area contributed by atoms with Crippen LogP contribution in [0.4, 0.5) is 0 Å². The van der Waals surface area contributed by atoms with Crippen molar-refractivity contribution in [3.63, 3.8) is 0 Å². The molecule has 0 atom stereocenters. The Morgan fingerprint density at radius 2 is 2.00 bits per heavy atom. The average Bonchev–Trinajstić information content (AvgIpc) is 2.58. The van der Waals surface area contributed by atoms with Crippen LogP contribution < -0.4 is 10.3 Å². The second-order valence-electron chi connectivity index (χ2n) is 3.00. The Morgan fingerprint density at radius 1 is 1.27 bits per heavy atom. The van der Waals surface area contributed by atoms with Gasteiger partial charge in [-0.15, -0.1) is 0 Å². The minimum atomic E-state index is -0.457. The van der Waals surface area contributed by atoms with Crippen LogP contribution in [0, 0.1) is 11.8 Å². The Morgan fingerprint density at radius 3 is 2.60 bits per heavy atom. The van der Waals surface area contributed by atoms with Gasteiger partial charge in [0.25, 0.3) is 0 Å². The molecule has 2 aromatic rings. The van der Waals surface area contributed by atoms with E-state index < -0.39 is 5.63 Å². The van der Waals surface area contributed by atoms with Crippen LogP contribution in [-0.4, -0.2) is 5.27 Å². The van der Waals surface area contributed by atoms with E-state index >= 15 is 0 Å². The number of nitrogens with zero attached hydrogens (tertiary/aromatic N) is 1. The SMILES string of the molecule is C[n+]1[nH]oc(=O)c1C#Cc1ccccc1. The maximum atomic E-state index is 11.1. The molecule has 0 radical (unpaired) electrons. The Labute approximate surface area is 86.1 Å². The molecule has 0 aliphatic heterocycles. The van der Waals surface area contributed by atoms with Crippen molar-refractivity contribution in [2.24, 2.45) is 7.05 Å². The van der Waals surface area contributed by atoms with E-state index in [9.17, 15) is 4.79 Å². The topological polar surface area (TPSA) is 49.9 Å². The van der Waals surface area contributed by atoms with Crippen LogP contribution in [0.15, 0.2) is 39.6 Å². The van der Waals surface area contributed by atoms with Crippen molar-refractivity contribution in [3.8, 4) is 11.8 Å². The van der Waals surface area contributed by atoms with E-state index in [-0.39, 0.29) is 0 Å². The van der Waals surface area contributed by atoms with Crippen molar-refractivity contribution in [1.29, 1.82) is 0 Å². The van der Waals surface area contributed by atoms with Crippen molar-refractivity contribution in [3.05, 3.63) is 52.0 Å². The van der Waals surface area contributed by atoms with Crippen LogP contribution in [0.1, 0.15) is 11.3 Å². The molecule has 0 unspecified atom stereocenters. The highest BCUT2D eigenvalue weighted by molar-refractivity contribution is 5.37. The van der Waals surface area contributed by atoms with Gasteiger partial charge in [0.1, 0.15) is 0 Å². The zero-order valence-electron chi connectivity index (χ0n) is 8.15. The van der Waals surface area contributed by atoms with E-state index in [4.69, 9.17) is 0 Å². The molecule has 1 aromatic carbocycles. The maximum absolute atomic E-state index is 11.1. The zero-order chi connectivity index (χ0) is 10.7. The third-order valence-corrected chi connectivity index (χ3v) is 1.90. The van der Waals surface area contributed by atoms with Crippen LogP contribution in [0.2, 0.25) is 0 Å². The molecular formula is C11H9N2O2+. The molecule has 0 bridgehead atoms. The number of hydrogen-bond donors (Lipinski definition) is 1. The fourth-order valence-corrected chi connectivity index (χ4v) is 1.13. The van der Waals surface area contributed by atoms with Crippen LogP contribution >= 0.6 is 0 Å². The summed E-state index contributed by atoms with van der Waals surface area (Å²) in [6, 6.07) is 9.45. The number of nitrogens with one attached hydrogen (secondary N) is 1. The highest BCUT2D eigenvalue weighted by Gasteiger charge is 2.12. The molecule has 4 heteroatoms. The first kappa shape index (κ1) is 9.28. The first-order chi connectivity index (χ1) is 7.27. The number of hydrogen-bond acceptors (Lipinski definition) is 2. The summed E-state index contributed by atoms with van der Waals surface area (Å²) in [4.78, 5) is 11.1. The predicted octanol–water partition coefficient (Wildman–Crippen LogP) is 0.192. The summed E-state index contributed by atoms with van der Waals surface area (Å²) in [5.74, 6) is 5.63. The molecule has 74 valence electrons. The van der Waals surface area contributed by atoms with Crippen molar-refractivity contribution < 1.29 is 9.20 Å². The van der Waals surface area contributed by atoms with Crippen molar-refractivity contribution in [1.82, 2.24) is 5.27 Å². The first-order valence-corrected chi connectivity index (χ1v) is 4.42. The summed E-state index contributed by atoms with van der Waals surface area (Å²) in [6.45, 7) is 0. The van der Waals surface area contributed by atoms with Gasteiger partial charge in [0.15, 0.2) is 7.05 Å². The Hall–Kier alpha value is -2.28. The molecular weight excluding hydrogens is 192 g/mol. The normalized spacial score (nSPS) is 9.40. The van der Waals surface area contributed by atoms with E-state index in [1.807, 2.05) is 30.3 Å². The number of H-pyrrole nitrogens is 1. The first-order valence-electron chi connectivity index (χ1n) is 4.42. The van der Waals surface area contributed by atoms with E-state index in [0.29, 0.717) is 5.69 Å². The van der Waals surface area contributed by atoms with Gasteiger partial charge in [-0.25, -0.2) is 4.79 Å². The number of aromatic nitrogens is 2. The van der Waals surface area contributed by atoms with E-state index in [0.717, 1.165) is 5.56 Å². The van der Waals surface area contributed by atoms with Gasteiger partial charge in [0.2, 0.25) is 0 Å². The zero-order valence-corrected chi connectivity index (χ0v) is 8.15. The van der Waals surface area contributed by atoms with Gasteiger partial charge in [-0.1, -0.05) is 28.8 Å². The second kappa shape index (κ2) is 3.84. The van der Waals surface area contributed by atoms with Gasteiger partial charge in [-0.05, 0) is 17.4 Å². The lowest BCUT2D eigenvalue weighted by atomic mass is 10.2. The highest BCUT2D eigenvalue weighted by Crippen LogP contribution is 1.94. The third kappa shape index (κ3) is 1.97. The van der Waals surface area contributed by atoms with Gasteiger partial charge in [0.05, 0.1) is 0 Å². The number of aryl methyl sites for hydroxylation is 1. The molecule has 1 heterocycles. The number of aromatic amines is 1. The van der Waals surface area contributed by atoms with Crippen LogP contribution in [0.25, 0.3) is 0 Å². The van der Waals surface area contributed by atoms with Crippen LogP contribution in [0.3, 0.4) is 0 Å². The lowest BCUT2D eigenvalue weighted by molar-refractivity contribution is -0.741. The molecule has 2 rings (SSSR count). The molecule has 0 fully saturated rings. The van der Waals surface area contributed by atoms with E-state index in [1.54, 1.807) is 7.05 Å². The second-order valence-corrected chi connectivity index (χ2v) is 3.00. The monoisotopic (exact) mass is 201 g/mol. The molecule has 0 saturated heterocycles. The van der Waals surface area contributed by atoms with Gasteiger partial charge in [-0.2, -0.15) is 0 Å². The quantitative estimate of drug-likeness (QED) is 0.488. The molecule has 1 N–H and O–H groups in total. The summed E-state index contributed by atoms with van der Waals surface area (Å²) in [5.41, 5.74) is 0.706. The standard InChI is InChI=1S/C11H8N2O2/c1-13-10(11(14)15-12-13)8-7-9-5-3-2-4-6-9/h2-6H,1H3/p+1. The molecule has 0 aliphatic rings. The maximum Gasteiger partial charge on any atom is 0.443 e. The minimum absolute atomic E-state index is 0.304. The molecule has 0 amide bonds. The summed E-state index contributed by atoms with van der Waals surface area (Å²) in [6.07, 6.45) is 0. The largest absolute Gasteiger partial charge is 0.443 e. The third-order valence-electron chi connectivity index (χ3n) is 1.90. The molecule has 4 nitrogen and oxygen atoms in total. The Bertz CT molecular complexity index is 570. The van der Waals surface area contributed by atoms with Crippen molar-refractivity contribution in [2.45, 2.75) is 0 Å². The van der Waals surface area contributed by atoms with Crippen LogP contribution in [0.5, 0.6) is 0 Å². The van der Waals surface area contributed by atoms with Crippen molar-refractivity contribution in [2.75, 3.05) is 0 Å². The average molecular weight is 201 g/mol. The lowest BCUT2D eigenvalue weighted by Gasteiger charge is -1.84. The van der Waals surface area contributed by atoms with Gasteiger partial charge in [0, 0.05) is 11.5 Å².